The van der Waals surface area contributed by atoms with Gasteiger partial charge in [-0.2, -0.15) is 0 Å². The number of hydrogen-bond donors (Lipinski definition) is 0. The van der Waals surface area contributed by atoms with Crippen molar-refractivity contribution in [1.29, 1.82) is 0 Å². The van der Waals surface area contributed by atoms with E-state index in [2.05, 4.69) is 113 Å². The van der Waals surface area contributed by atoms with Crippen molar-refractivity contribution in [2.45, 2.75) is 353 Å². The van der Waals surface area contributed by atoms with Gasteiger partial charge in [0.1, 0.15) is 6.10 Å². The lowest BCUT2D eigenvalue weighted by molar-refractivity contribution is -0.137. The molecule has 3 fully saturated rings. The third-order valence-electron chi connectivity index (χ3n) is 23.2. The molecule has 0 spiro atoms. The van der Waals surface area contributed by atoms with E-state index in [0.717, 1.165) is 151 Å². The van der Waals surface area contributed by atoms with Crippen molar-refractivity contribution in [3.63, 3.8) is 0 Å². The fraction of sp³-hybridized carbons (Fsp3) is 0.710. The SMILES string of the molecule is C=C(C(=O)OCCCCCCCCCCOCC(COCCCCCCCCCCOC(=O)C(=C)c1ccc([C@H]2CC[C@H](CCCCC)CC2)cc1)OCCCCCCCCCCOC(=O)C(=C)c1ccc([C@H]2CC[C@H](CCCCC)CC2)cc1)c1ccc([C@H]2CC[C@H](CCCCC)CC2)cc1. The van der Waals surface area contributed by atoms with E-state index in [-0.39, 0.29) is 24.0 Å². The van der Waals surface area contributed by atoms with Crippen molar-refractivity contribution in [2.75, 3.05) is 52.9 Å². The molecule has 9 nitrogen and oxygen atoms in total. The normalized spacial score (nSPS) is 18.5. The van der Waals surface area contributed by atoms with E-state index in [9.17, 15) is 14.4 Å². The van der Waals surface area contributed by atoms with E-state index >= 15 is 0 Å². The summed E-state index contributed by atoms with van der Waals surface area (Å²) in [6.07, 6.45) is 58.6. The average Bonchev–Trinajstić information content (AvgIpc) is 0.857. The molecule has 9 heteroatoms. The summed E-state index contributed by atoms with van der Waals surface area (Å²) >= 11 is 0. The van der Waals surface area contributed by atoms with Crippen LogP contribution in [0.2, 0.25) is 0 Å². The quantitative estimate of drug-likeness (QED) is 0.0236. The van der Waals surface area contributed by atoms with Gasteiger partial charge in [0.25, 0.3) is 0 Å². The highest BCUT2D eigenvalue weighted by atomic mass is 16.6. The summed E-state index contributed by atoms with van der Waals surface area (Å²) in [7, 11) is 0. The minimum absolute atomic E-state index is 0.0668. The maximum atomic E-state index is 12.9. The molecular weight excluding hydrogens is 1260 g/mol. The molecule has 0 heterocycles. The van der Waals surface area contributed by atoms with Gasteiger partial charge < -0.3 is 28.4 Å². The first-order valence-electron chi connectivity index (χ1n) is 42.7. The summed E-state index contributed by atoms with van der Waals surface area (Å²) < 4.78 is 35.8. The van der Waals surface area contributed by atoms with Crippen LogP contribution in [0.15, 0.2) is 92.5 Å². The summed E-state index contributed by atoms with van der Waals surface area (Å²) in [5.41, 5.74) is 8.15. The Morgan fingerprint density at radius 3 is 0.794 bits per heavy atom. The lowest BCUT2D eigenvalue weighted by Gasteiger charge is -2.29. The van der Waals surface area contributed by atoms with E-state index in [1.807, 2.05) is 0 Å². The third kappa shape index (κ3) is 36.0. The van der Waals surface area contributed by atoms with Crippen LogP contribution in [-0.4, -0.2) is 76.9 Å². The van der Waals surface area contributed by atoms with E-state index in [1.54, 1.807) is 0 Å². The molecule has 0 unspecified atom stereocenters. The Kier molecular flexibility index (Phi) is 46.2. The highest BCUT2D eigenvalue weighted by Crippen LogP contribution is 2.41. The fourth-order valence-electron chi connectivity index (χ4n) is 16.2. The molecule has 0 aliphatic heterocycles. The van der Waals surface area contributed by atoms with Crippen LogP contribution < -0.4 is 0 Å². The van der Waals surface area contributed by atoms with Crippen molar-refractivity contribution in [1.82, 2.24) is 0 Å². The van der Waals surface area contributed by atoms with Gasteiger partial charge in [-0.1, -0.05) is 306 Å². The van der Waals surface area contributed by atoms with Crippen molar-refractivity contribution in [3.05, 3.63) is 126 Å². The molecule has 0 atom stereocenters. The smallest absolute Gasteiger partial charge is 0.338 e. The molecule has 3 aliphatic carbocycles. The van der Waals surface area contributed by atoms with Gasteiger partial charge in [-0.25, -0.2) is 14.4 Å². The second-order valence-corrected chi connectivity index (χ2v) is 31.5. The Labute approximate surface area is 623 Å². The molecule has 572 valence electrons. The van der Waals surface area contributed by atoms with Crippen LogP contribution in [0.3, 0.4) is 0 Å². The Balaban J connectivity index is 0.766. The number of rotatable bonds is 59. The molecule has 6 rings (SSSR count). The van der Waals surface area contributed by atoms with E-state index in [1.165, 1.54) is 229 Å². The van der Waals surface area contributed by atoms with Crippen LogP contribution >= 0.6 is 0 Å². The number of carbonyl (C=O) groups excluding carboxylic acids is 3. The van der Waals surface area contributed by atoms with Gasteiger partial charge in [-0.05, 0) is 184 Å². The van der Waals surface area contributed by atoms with Gasteiger partial charge in [0.2, 0.25) is 0 Å². The van der Waals surface area contributed by atoms with Crippen molar-refractivity contribution < 1.29 is 42.8 Å². The second kappa shape index (κ2) is 54.7. The van der Waals surface area contributed by atoms with Crippen molar-refractivity contribution in [2.24, 2.45) is 17.8 Å². The lowest BCUT2D eigenvalue weighted by Crippen LogP contribution is -2.26. The topological polar surface area (TPSA) is 107 Å². The summed E-state index contributed by atoms with van der Waals surface area (Å²) in [6, 6.07) is 25.6. The Morgan fingerprint density at radius 1 is 0.304 bits per heavy atom. The summed E-state index contributed by atoms with van der Waals surface area (Å²) in [5.74, 6) is 3.71. The minimum Gasteiger partial charge on any atom is -0.462 e. The molecule has 0 saturated heterocycles. The molecule has 102 heavy (non-hydrogen) atoms. The maximum absolute atomic E-state index is 12.9. The number of unbranched alkanes of at least 4 members (excludes halogenated alkanes) is 27. The number of benzene rings is 3. The minimum atomic E-state index is -0.302. The molecule has 0 radical (unpaired) electrons. The zero-order valence-corrected chi connectivity index (χ0v) is 65.4. The van der Waals surface area contributed by atoms with Gasteiger partial charge in [0.05, 0.1) is 49.8 Å². The van der Waals surface area contributed by atoms with Crippen LogP contribution in [-0.2, 0) is 42.8 Å². The van der Waals surface area contributed by atoms with Crippen LogP contribution in [0.5, 0.6) is 0 Å². The zero-order chi connectivity index (χ0) is 72.3. The molecule has 0 bridgehead atoms. The van der Waals surface area contributed by atoms with E-state index < -0.39 is 0 Å². The molecule has 0 N–H and O–H groups in total. The first kappa shape index (κ1) is 86.1. The Bertz CT molecular complexity index is 2550. The van der Waals surface area contributed by atoms with Crippen LogP contribution in [0.25, 0.3) is 16.7 Å². The van der Waals surface area contributed by atoms with Crippen LogP contribution in [0, 0.1) is 17.8 Å². The zero-order valence-electron chi connectivity index (χ0n) is 65.4. The molecule has 3 aliphatic rings. The molecule has 3 aromatic carbocycles. The van der Waals surface area contributed by atoms with Gasteiger partial charge in [-0.15, -0.1) is 0 Å². The summed E-state index contributed by atoms with van der Waals surface area (Å²) in [6.45, 7) is 23.8. The van der Waals surface area contributed by atoms with E-state index in [4.69, 9.17) is 28.4 Å². The lowest BCUT2D eigenvalue weighted by atomic mass is 9.77. The molecule has 0 amide bonds. The maximum Gasteiger partial charge on any atom is 0.338 e. The fourth-order valence-corrected chi connectivity index (χ4v) is 16.2. The molecule has 3 aromatic rings. The van der Waals surface area contributed by atoms with Gasteiger partial charge in [-0.3, -0.25) is 0 Å². The van der Waals surface area contributed by atoms with Crippen LogP contribution in [0.4, 0.5) is 0 Å². The first-order chi connectivity index (χ1) is 50.1. The van der Waals surface area contributed by atoms with Gasteiger partial charge in [0.15, 0.2) is 0 Å². The highest BCUT2D eigenvalue weighted by Gasteiger charge is 2.26. The summed E-state index contributed by atoms with van der Waals surface area (Å²) in [5, 5.41) is 0. The van der Waals surface area contributed by atoms with Crippen molar-refractivity contribution >= 4 is 34.6 Å². The predicted molar refractivity (Wildman–Crippen MR) is 428 cm³/mol. The number of esters is 3. The Morgan fingerprint density at radius 2 is 0.539 bits per heavy atom. The second-order valence-electron chi connectivity index (χ2n) is 31.5. The number of ether oxygens (including phenoxy) is 6. The number of hydrogen-bond acceptors (Lipinski definition) is 9. The molecular formula is C93H146O9. The Hall–Kier alpha value is -4.83. The molecule has 0 aromatic heterocycles. The summed E-state index contributed by atoms with van der Waals surface area (Å²) in [4.78, 5) is 38.6. The van der Waals surface area contributed by atoms with Gasteiger partial charge in [0, 0.05) is 19.8 Å². The van der Waals surface area contributed by atoms with Gasteiger partial charge >= 0.3 is 17.9 Å². The third-order valence-corrected chi connectivity index (χ3v) is 23.2. The van der Waals surface area contributed by atoms with Crippen molar-refractivity contribution in [3.8, 4) is 0 Å². The predicted octanol–water partition coefficient (Wildman–Crippen LogP) is 26.1. The average molecular weight is 1410 g/mol. The highest BCUT2D eigenvalue weighted by molar-refractivity contribution is 6.16. The molecule has 3 saturated carbocycles. The van der Waals surface area contributed by atoms with Crippen LogP contribution in [0.1, 0.15) is 380 Å². The first-order valence-corrected chi connectivity index (χ1v) is 42.7. The standard InChI is InChI=1S/C93H146O9/c1-7-10-31-40-78-43-49-84(50-44-78)87-61-55-81(56-62-87)75(4)91(94)100-70-37-28-22-15-13-19-25-34-67-97-73-90(99-69-36-27-21-17-18-24-30-39-72-102-93(96)77(6)83-59-65-89(66-60-83)86-53-47-80(48-54-86)42-33-12-9-3)74-98-68-35-26-20-14-16-23-29-38-71-101-92(95)76(5)82-57-63-88(64-58-82)85-51-45-79(46-52-85)41-32-11-8-2/h55-66,78-80,84-86,90H,4-54,67-74H2,1-3H3/t78-,79-,80-,84-,85-,86-. The monoisotopic (exact) mass is 1410 g/mol. The van der Waals surface area contributed by atoms with E-state index in [0.29, 0.717) is 67.5 Å². The number of carbonyl (C=O) groups is 3. The largest absolute Gasteiger partial charge is 0.462 e.